The third-order valence-electron chi connectivity index (χ3n) is 4.34. The number of carbonyl (C=O) groups excluding carboxylic acids is 1. The van der Waals surface area contributed by atoms with E-state index in [1.807, 2.05) is 6.92 Å². The van der Waals surface area contributed by atoms with Gasteiger partial charge in [0.2, 0.25) is 5.76 Å². The van der Waals surface area contributed by atoms with Gasteiger partial charge in [0.15, 0.2) is 11.6 Å². The van der Waals surface area contributed by atoms with Crippen LogP contribution < -0.4 is 5.32 Å². The average Bonchev–Trinajstić information content (AvgIpc) is 3.08. The number of aromatic nitrogens is 4. The summed E-state index contributed by atoms with van der Waals surface area (Å²) in [4.78, 5) is 26.5. The highest BCUT2D eigenvalue weighted by Crippen LogP contribution is 2.31. The van der Waals surface area contributed by atoms with Crippen molar-refractivity contribution in [3.05, 3.63) is 52.4 Å². The van der Waals surface area contributed by atoms with Gasteiger partial charge in [-0.15, -0.1) is 0 Å². The molecule has 8 nitrogen and oxygen atoms in total. The Morgan fingerprint density at radius 1 is 1.33 bits per heavy atom. The van der Waals surface area contributed by atoms with Crippen molar-refractivity contribution < 1.29 is 13.7 Å². The molecule has 1 N–H and O–H groups in total. The van der Waals surface area contributed by atoms with E-state index in [4.69, 9.17) is 4.52 Å². The second-order valence-electron chi connectivity index (χ2n) is 6.08. The molecule has 0 aromatic carbocycles. The first kappa shape index (κ1) is 17.5. The van der Waals surface area contributed by atoms with E-state index in [1.165, 1.54) is 12.3 Å². The monoisotopic (exact) mass is 432 g/mol. The largest absolute Gasteiger partial charge is 0.352 e. The molecular weight excluding hydrogens is 419 g/mol. The van der Waals surface area contributed by atoms with Crippen LogP contribution in [0.4, 0.5) is 14.9 Å². The maximum atomic E-state index is 14.1. The van der Waals surface area contributed by atoms with E-state index in [2.05, 4.69) is 41.4 Å². The number of carbonyl (C=O) groups is 1. The van der Waals surface area contributed by atoms with Crippen LogP contribution in [0.15, 0.2) is 39.8 Å². The highest BCUT2D eigenvalue weighted by Gasteiger charge is 2.33. The molecule has 3 aromatic heterocycles. The predicted octanol–water partition coefficient (Wildman–Crippen LogP) is 3.41. The molecule has 0 bridgehead atoms. The number of halogens is 2. The van der Waals surface area contributed by atoms with E-state index in [-0.39, 0.29) is 22.9 Å². The van der Waals surface area contributed by atoms with Gasteiger partial charge in [-0.05, 0) is 35.0 Å². The number of nitrogens with zero attached hydrogens (tertiary/aromatic N) is 5. The van der Waals surface area contributed by atoms with Gasteiger partial charge in [-0.3, -0.25) is 0 Å². The summed E-state index contributed by atoms with van der Waals surface area (Å²) in [5, 5.41) is 6.69. The minimum atomic E-state index is -0.625. The molecule has 1 aliphatic rings. The highest BCUT2D eigenvalue weighted by atomic mass is 79.9. The van der Waals surface area contributed by atoms with E-state index < -0.39 is 11.8 Å². The number of hydrogen-bond donors (Lipinski definition) is 1. The van der Waals surface area contributed by atoms with Gasteiger partial charge >= 0.3 is 6.03 Å². The molecule has 1 aliphatic heterocycles. The number of urea groups is 1. The van der Waals surface area contributed by atoms with Gasteiger partial charge in [-0.25, -0.2) is 24.1 Å². The van der Waals surface area contributed by atoms with Crippen LogP contribution in [0.2, 0.25) is 0 Å². The third-order valence-corrected chi connectivity index (χ3v) is 4.89. The van der Waals surface area contributed by atoms with Crippen LogP contribution >= 0.6 is 15.9 Å². The Balaban J connectivity index is 1.60. The van der Waals surface area contributed by atoms with Crippen molar-refractivity contribution in [3.63, 3.8) is 0 Å². The Labute approximate surface area is 161 Å². The van der Waals surface area contributed by atoms with Crippen LogP contribution in [0.1, 0.15) is 18.2 Å². The zero-order valence-electron chi connectivity index (χ0n) is 14.2. The molecule has 0 fully saturated rings. The number of anilines is 1. The Morgan fingerprint density at radius 3 is 2.89 bits per heavy atom. The normalized spacial score (nSPS) is 16.1. The lowest BCUT2D eigenvalue weighted by Gasteiger charge is -2.32. The zero-order chi connectivity index (χ0) is 19.0. The lowest BCUT2D eigenvalue weighted by molar-refractivity contribution is 0.182. The molecule has 1 atom stereocenters. The number of nitrogens with one attached hydrogen (secondary N) is 1. The molecule has 4 rings (SSSR count). The van der Waals surface area contributed by atoms with E-state index >= 15 is 0 Å². The summed E-state index contributed by atoms with van der Waals surface area (Å²) in [6.45, 7) is 2.15. The minimum Gasteiger partial charge on any atom is -0.352 e. The molecule has 138 valence electrons. The molecule has 10 heteroatoms. The first-order valence-electron chi connectivity index (χ1n) is 8.17. The molecule has 3 aromatic rings. The summed E-state index contributed by atoms with van der Waals surface area (Å²) >= 11 is 3.01. The Kier molecular flexibility index (Phi) is 4.56. The van der Waals surface area contributed by atoms with Gasteiger partial charge in [0.25, 0.3) is 0 Å². The minimum absolute atomic E-state index is 0.0387. The molecule has 0 saturated heterocycles. The van der Waals surface area contributed by atoms with Crippen LogP contribution in [0.3, 0.4) is 0 Å². The summed E-state index contributed by atoms with van der Waals surface area (Å²) in [6.07, 6.45) is 5.14. The van der Waals surface area contributed by atoms with E-state index in [0.717, 1.165) is 11.3 Å². The van der Waals surface area contributed by atoms with Gasteiger partial charge in [0.05, 0.1) is 17.9 Å². The number of hydrogen-bond acceptors (Lipinski definition) is 6. The maximum Gasteiger partial charge on any atom is 0.322 e. The number of pyridine rings is 1. The van der Waals surface area contributed by atoms with Crippen LogP contribution in [0, 0.1) is 5.82 Å². The smallest absolute Gasteiger partial charge is 0.322 e. The topological polar surface area (TPSA) is 97.0 Å². The Bertz CT molecular complexity index is 996. The standard InChI is InChI=1S/C17H14BrFN6O2/c1-9-7-12-10(14(27-24-12)16-21-4-2-5-22-16)8-25(9)17(26)23-11-3-6-20-15(18)13(11)19/h2-6,9H,7-8H2,1H3,(H,20,23,26)/t9-/m0/s1. The van der Waals surface area contributed by atoms with Crippen molar-refractivity contribution >= 4 is 27.6 Å². The fourth-order valence-corrected chi connectivity index (χ4v) is 3.28. The zero-order valence-corrected chi connectivity index (χ0v) is 15.8. The maximum absolute atomic E-state index is 14.1. The van der Waals surface area contributed by atoms with Gasteiger partial charge in [0.1, 0.15) is 4.60 Å². The predicted molar refractivity (Wildman–Crippen MR) is 97.2 cm³/mol. The Morgan fingerprint density at radius 2 is 2.11 bits per heavy atom. The summed E-state index contributed by atoms with van der Waals surface area (Å²) in [5.41, 5.74) is 1.58. The fourth-order valence-electron chi connectivity index (χ4n) is 2.95. The molecule has 27 heavy (non-hydrogen) atoms. The summed E-state index contributed by atoms with van der Waals surface area (Å²) < 4.78 is 19.6. The average molecular weight is 433 g/mol. The van der Waals surface area contributed by atoms with Crippen molar-refractivity contribution in [1.82, 2.24) is 25.0 Å². The van der Waals surface area contributed by atoms with Gasteiger partial charge in [0, 0.05) is 36.6 Å². The highest BCUT2D eigenvalue weighted by molar-refractivity contribution is 9.10. The van der Waals surface area contributed by atoms with Crippen LogP contribution in [-0.4, -0.2) is 37.1 Å². The number of fused-ring (bicyclic) bond motifs is 1. The molecule has 0 radical (unpaired) electrons. The number of rotatable bonds is 2. The van der Waals surface area contributed by atoms with Crippen molar-refractivity contribution in [2.45, 2.75) is 25.9 Å². The van der Waals surface area contributed by atoms with E-state index in [1.54, 1.807) is 23.4 Å². The van der Waals surface area contributed by atoms with Crippen molar-refractivity contribution in [2.24, 2.45) is 0 Å². The van der Waals surface area contributed by atoms with E-state index in [0.29, 0.717) is 18.0 Å². The first-order chi connectivity index (χ1) is 13.0. The lowest BCUT2D eigenvalue weighted by Crippen LogP contribution is -2.44. The van der Waals surface area contributed by atoms with Gasteiger partial charge < -0.3 is 14.7 Å². The SMILES string of the molecule is C[C@H]1Cc2noc(-c3ncccn3)c2CN1C(=O)Nc1ccnc(Br)c1F. The summed E-state index contributed by atoms with van der Waals surface area (Å²) in [6, 6.07) is 2.54. The fraction of sp³-hybridized carbons (Fsp3) is 0.235. The first-order valence-corrected chi connectivity index (χ1v) is 8.96. The van der Waals surface area contributed by atoms with Gasteiger partial charge in [-0.1, -0.05) is 5.16 Å². The third kappa shape index (κ3) is 3.27. The van der Waals surface area contributed by atoms with Crippen LogP contribution in [0.5, 0.6) is 0 Å². The van der Waals surface area contributed by atoms with Crippen molar-refractivity contribution in [2.75, 3.05) is 5.32 Å². The van der Waals surface area contributed by atoms with Gasteiger partial charge in [-0.2, -0.15) is 0 Å². The lowest BCUT2D eigenvalue weighted by atomic mass is 10.00. The van der Waals surface area contributed by atoms with Crippen LogP contribution in [0.25, 0.3) is 11.6 Å². The van der Waals surface area contributed by atoms with Crippen molar-refractivity contribution in [3.8, 4) is 11.6 Å². The molecule has 0 aliphatic carbocycles. The molecule has 0 saturated carbocycles. The molecule has 2 amide bonds. The quantitative estimate of drug-likeness (QED) is 0.623. The van der Waals surface area contributed by atoms with Crippen LogP contribution in [-0.2, 0) is 13.0 Å². The Hall–Kier alpha value is -2.88. The molecule has 0 spiro atoms. The second-order valence-corrected chi connectivity index (χ2v) is 6.83. The molecular formula is C17H14BrFN6O2. The summed E-state index contributed by atoms with van der Waals surface area (Å²) in [5.74, 6) is 0.220. The molecule has 4 heterocycles. The summed E-state index contributed by atoms with van der Waals surface area (Å²) in [7, 11) is 0. The number of amides is 2. The van der Waals surface area contributed by atoms with E-state index in [9.17, 15) is 9.18 Å². The van der Waals surface area contributed by atoms with Crippen molar-refractivity contribution in [1.29, 1.82) is 0 Å². The second kappa shape index (κ2) is 7.03. The molecule has 0 unspecified atom stereocenters.